The number of imidazole rings is 1. The summed E-state index contributed by atoms with van der Waals surface area (Å²) in [5.41, 5.74) is 1.60. The van der Waals surface area contributed by atoms with Gasteiger partial charge in [0.05, 0.1) is 23.5 Å². The summed E-state index contributed by atoms with van der Waals surface area (Å²) in [5, 5.41) is 7.44. The van der Waals surface area contributed by atoms with Crippen LogP contribution < -0.4 is 5.32 Å². The summed E-state index contributed by atoms with van der Waals surface area (Å²) < 4.78 is 15.5. The highest BCUT2D eigenvalue weighted by molar-refractivity contribution is 9.11. The van der Waals surface area contributed by atoms with E-state index in [1.54, 1.807) is 16.6 Å². The first kappa shape index (κ1) is 12.8. The predicted octanol–water partition coefficient (Wildman–Crippen LogP) is 3.96. The Morgan fingerprint density at radius 3 is 3.05 bits per heavy atom. The SMILES string of the molecule is Fc1ccc(NCc2cn3nc(Br)sc3n2)cc1Cl. The van der Waals surface area contributed by atoms with Crippen LogP contribution in [0.5, 0.6) is 0 Å². The Balaban J connectivity index is 1.74. The van der Waals surface area contributed by atoms with Crippen LogP contribution in [0.25, 0.3) is 4.96 Å². The van der Waals surface area contributed by atoms with Gasteiger partial charge in [-0.2, -0.15) is 0 Å². The molecule has 0 unspecified atom stereocenters. The molecule has 1 aromatic carbocycles. The van der Waals surface area contributed by atoms with Gasteiger partial charge in [0.25, 0.3) is 0 Å². The van der Waals surface area contributed by atoms with Crippen molar-refractivity contribution in [2.24, 2.45) is 0 Å². The molecule has 0 atom stereocenters. The summed E-state index contributed by atoms with van der Waals surface area (Å²) in [4.78, 5) is 5.23. The molecule has 1 N–H and O–H groups in total. The molecule has 0 saturated heterocycles. The van der Waals surface area contributed by atoms with Gasteiger partial charge in [0, 0.05) is 5.69 Å². The second-order valence-electron chi connectivity index (χ2n) is 3.80. The van der Waals surface area contributed by atoms with Crippen LogP contribution in [0.15, 0.2) is 28.3 Å². The molecule has 2 heterocycles. The summed E-state index contributed by atoms with van der Waals surface area (Å²) in [6.07, 6.45) is 1.84. The summed E-state index contributed by atoms with van der Waals surface area (Å²) in [5.74, 6) is -0.427. The lowest BCUT2D eigenvalue weighted by Crippen LogP contribution is -1.99. The standard InChI is InChI=1S/C11H7BrClFN4S/c12-10-17-18-5-7(16-11(18)19-10)4-15-6-1-2-9(14)8(13)3-6/h1-3,5,15H,4H2. The Labute approximate surface area is 125 Å². The second-order valence-corrected chi connectivity index (χ2v) is 6.44. The van der Waals surface area contributed by atoms with Crippen molar-refractivity contribution in [1.82, 2.24) is 14.6 Å². The number of nitrogens with one attached hydrogen (secondary N) is 1. The zero-order valence-corrected chi connectivity index (χ0v) is 12.6. The van der Waals surface area contributed by atoms with Crippen molar-refractivity contribution in [3.05, 3.63) is 44.8 Å². The number of hydrogen-bond donors (Lipinski definition) is 1. The van der Waals surface area contributed by atoms with E-state index in [2.05, 4.69) is 31.3 Å². The van der Waals surface area contributed by atoms with E-state index in [-0.39, 0.29) is 5.02 Å². The number of aromatic nitrogens is 3. The lowest BCUT2D eigenvalue weighted by Gasteiger charge is -2.04. The van der Waals surface area contributed by atoms with Gasteiger partial charge in [-0.15, -0.1) is 5.10 Å². The number of rotatable bonds is 3. The van der Waals surface area contributed by atoms with Gasteiger partial charge in [-0.25, -0.2) is 13.9 Å². The molecular formula is C11H7BrClFN4S. The summed E-state index contributed by atoms with van der Waals surface area (Å²) in [7, 11) is 0. The quantitative estimate of drug-likeness (QED) is 0.768. The molecule has 0 aliphatic carbocycles. The monoisotopic (exact) mass is 360 g/mol. The maximum Gasteiger partial charge on any atom is 0.213 e. The Hall–Kier alpha value is -1.18. The molecule has 19 heavy (non-hydrogen) atoms. The van der Waals surface area contributed by atoms with Crippen LogP contribution in [0, 0.1) is 5.82 Å². The molecule has 0 aliphatic heterocycles. The summed E-state index contributed by atoms with van der Waals surface area (Å²) in [6, 6.07) is 4.51. The van der Waals surface area contributed by atoms with E-state index in [1.165, 1.54) is 17.4 Å². The van der Waals surface area contributed by atoms with Gasteiger partial charge >= 0.3 is 0 Å². The largest absolute Gasteiger partial charge is 0.379 e. The number of fused-ring (bicyclic) bond motifs is 1. The molecule has 0 amide bonds. The number of benzene rings is 1. The van der Waals surface area contributed by atoms with Crippen molar-refractivity contribution >= 4 is 49.5 Å². The molecule has 0 spiro atoms. The van der Waals surface area contributed by atoms with E-state index in [1.807, 2.05) is 6.20 Å². The third kappa shape index (κ3) is 2.72. The summed E-state index contributed by atoms with van der Waals surface area (Å²) in [6.45, 7) is 0.523. The molecule has 2 aromatic heterocycles. The van der Waals surface area contributed by atoms with E-state index in [4.69, 9.17) is 11.6 Å². The highest BCUT2D eigenvalue weighted by Gasteiger charge is 2.07. The van der Waals surface area contributed by atoms with E-state index in [0.29, 0.717) is 6.54 Å². The maximum absolute atomic E-state index is 13.0. The number of hydrogen-bond acceptors (Lipinski definition) is 4. The third-order valence-corrected chi connectivity index (χ3v) is 4.11. The fraction of sp³-hybridized carbons (Fsp3) is 0.0909. The maximum atomic E-state index is 13.0. The number of halogens is 3. The van der Waals surface area contributed by atoms with Gasteiger partial charge < -0.3 is 5.32 Å². The zero-order valence-electron chi connectivity index (χ0n) is 9.40. The van der Waals surface area contributed by atoms with E-state index in [9.17, 15) is 4.39 Å². The van der Waals surface area contributed by atoms with Crippen LogP contribution in [0.4, 0.5) is 10.1 Å². The normalized spacial score (nSPS) is 11.1. The van der Waals surface area contributed by atoms with Crippen molar-refractivity contribution < 1.29 is 4.39 Å². The average molecular weight is 362 g/mol. The molecule has 3 rings (SSSR count). The molecular weight excluding hydrogens is 355 g/mol. The molecule has 3 aromatic rings. The van der Waals surface area contributed by atoms with Gasteiger partial charge in [0.1, 0.15) is 5.82 Å². The Morgan fingerprint density at radius 2 is 2.32 bits per heavy atom. The smallest absolute Gasteiger partial charge is 0.213 e. The molecule has 0 radical (unpaired) electrons. The average Bonchev–Trinajstić information content (AvgIpc) is 2.87. The van der Waals surface area contributed by atoms with Gasteiger partial charge in [-0.1, -0.05) is 22.9 Å². The number of anilines is 1. The molecule has 0 bridgehead atoms. The Bertz CT molecular complexity index is 710. The van der Waals surface area contributed by atoms with Crippen molar-refractivity contribution in [2.75, 3.05) is 5.32 Å². The molecule has 0 fully saturated rings. The second kappa shape index (κ2) is 5.07. The lowest BCUT2D eigenvalue weighted by atomic mass is 10.3. The van der Waals surface area contributed by atoms with Crippen LogP contribution in [0.2, 0.25) is 5.02 Å². The van der Waals surface area contributed by atoms with Crippen LogP contribution in [-0.2, 0) is 6.54 Å². The van der Waals surface area contributed by atoms with Crippen molar-refractivity contribution in [1.29, 1.82) is 0 Å². The number of nitrogens with zero attached hydrogens (tertiary/aromatic N) is 3. The summed E-state index contributed by atoms with van der Waals surface area (Å²) >= 11 is 10.5. The van der Waals surface area contributed by atoms with Crippen molar-refractivity contribution in [2.45, 2.75) is 6.54 Å². The molecule has 98 valence electrons. The minimum absolute atomic E-state index is 0.0985. The highest BCUT2D eigenvalue weighted by Crippen LogP contribution is 2.21. The van der Waals surface area contributed by atoms with E-state index >= 15 is 0 Å². The van der Waals surface area contributed by atoms with Gasteiger partial charge in [0.2, 0.25) is 4.96 Å². The minimum atomic E-state index is -0.427. The van der Waals surface area contributed by atoms with Crippen LogP contribution in [0.3, 0.4) is 0 Å². The van der Waals surface area contributed by atoms with Gasteiger partial charge in [0.15, 0.2) is 3.92 Å². The molecule has 4 nitrogen and oxygen atoms in total. The molecule has 8 heteroatoms. The fourth-order valence-corrected chi connectivity index (χ4v) is 3.02. The highest BCUT2D eigenvalue weighted by atomic mass is 79.9. The van der Waals surface area contributed by atoms with Crippen LogP contribution >= 0.6 is 38.9 Å². The van der Waals surface area contributed by atoms with Gasteiger partial charge in [-0.05, 0) is 34.1 Å². The third-order valence-electron chi connectivity index (χ3n) is 2.46. The first-order valence-electron chi connectivity index (χ1n) is 5.31. The molecule has 0 aliphatic rings. The first-order chi connectivity index (χ1) is 9.11. The minimum Gasteiger partial charge on any atom is -0.379 e. The lowest BCUT2D eigenvalue weighted by molar-refractivity contribution is 0.628. The van der Waals surface area contributed by atoms with Crippen LogP contribution in [-0.4, -0.2) is 14.6 Å². The van der Waals surface area contributed by atoms with Gasteiger partial charge in [-0.3, -0.25) is 0 Å². The Morgan fingerprint density at radius 1 is 1.47 bits per heavy atom. The van der Waals surface area contributed by atoms with Crippen molar-refractivity contribution in [3.63, 3.8) is 0 Å². The fourth-order valence-electron chi connectivity index (χ4n) is 1.60. The first-order valence-corrected chi connectivity index (χ1v) is 7.30. The van der Waals surface area contributed by atoms with E-state index in [0.717, 1.165) is 20.3 Å². The zero-order chi connectivity index (χ0) is 13.4. The predicted molar refractivity (Wildman–Crippen MR) is 77.3 cm³/mol. The molecule has 0 saturated carbocycles. The topological polar surface area (TPSA) is 42.2 Å². The van der Waals surface area contributed by atoms with Crippen molar-refractivity contribution in [3.8, 4) is 0 Å². The Kier molecular flexibility index (Phi) is 3.42. The van der Waals surface area contributed by atoms with Crippen LogP contribution in [0.1, 0.15) is 5.69 Å². The van der Waals surface area contributed by atoms with E-state index < -0.39 is 5.82 Å².